The third-order valence-corrected chi connectivity index (χ3v) is 3.45. The van der Waals surface area contributed by atoms with E-state index in [1.807, 2.05) is 37.3 Å². The van der Waals surface area contributed by atoms with Crippen molar-refractivity contribution in [1.29, 1.82) is 0 Å². The van der Waals surface area contributed by atoms with Gasteiger partial charge in [0.2, 0.25) is 0 Å². The molecule has 5 heteroatoms. The Morgan fingerprint density at radius 2 is 1.77 bits per heavy atom. The Hall–Kier alpha value is -2.59. The Labute approximate surface area is 133 Å². The first-order valence-corrected chi connectivity index (χ1v) is 7.19. The molecule has 2 amide bonds. The van der Waals surface area contributed by atoms with Crippen molar-refractivity contribution in [2.45, 2.75) is 6.92 Å². The van der Waals surface area contributed by atoms with E-state index in [4.69, 9.17) is 11.6 Å². The molecule has 0 radical (unpaired) electrons. The number of urea groups is 1. The van der Waals surface area contributed by atoms with Gasteiger partial charge in [-0.05, 0) is 43.3 Å². The Morgan fingerprint density at radius 1 is 1.05 bits per heavy atom. The molecule has 0 spiro atoms. The number of hydrogen-bond acceptors (Lipinski definition) is 2. The molecule has 0 saturated heterocycles. The number of nitrogens with one attached hydrogen (secondary N) is 2. The van der Waals surface area contributed by atoms with Crippen molar-refractivity contribution < 1.29 is 4.79 Å². The lowest BCUT2D eigenvalue weighted by molar-refractivity contribution is 0.262. The summed E-state index contributed by atoms with van der Waals surface area (Å²) in [6.45, 7) is 1.90. The molecule has 0 atom stereocenters. The molecular weight excluding hydrogens is 298 g/mol. The van der Waals surface area contributed by atoms with Crippen molar-refractivity contribution in [3.63, 3.8) is 0 Å². The van der Waals surface area contributed by atoms with E-state index in [0.29, 0.717) is 10.7 Å². The number of carbonyl (C=O) groups is 1. The molecule has 2 aromatic carbocycles. The van der Waals surface area contributed by atoms with Crippen LogP contribution in [-0.4, -0.2) is 11.0 Å². The summed E-state index contributed by atoms with van der Waals surface area (Å²) in [6.07, 6.45) is 0. The topological polar surface area (TPSA) is 54.0 Å². The van der Waals surface area contributed by atoms with Crippen LogP contribution in [0, 0.1) is 6.92 Å². The van der Waals surface area contributed by atoms with Gasteiger partial charge in [0.05, 0.1) is 11.2 Å². The van der Waals surface area contributed by atoms with Crippen molar-refractivity contribution in [3.05, 3.63) is 65.3 Å². The van der Waals surface area contributed by atoms with Crippen molar-refractivity contribution in [1.82, 2.24) is 4.98 Å². The summed E-state index contributed by atoms with van der Waals surface area (Å²) < 4.78 is 0. The highest BCUT2D eigenvalue weighted by Crippen LogP contribution is 2.23. The minimum atomic E-state index is -0.307. The minimum absolute atomic E-state index is 0.307. The fourth-order valence-corrected chi connectivity index (χ4v) is 2.36. The first kappa shape index (κ1) is 14.4. The maximum Gasteiger partial charge on any atom is 0.323 e. The summed E-state index contributed by atoms with van der Waals surface area (Å²) in [6, 6.07) is 16.2. The Bertz CT molecular complexity index is 831. The molecule has 0 bridgehead atoms. The number of rotatable bonds is 2. The van der Waals surface area contributed by atoms with Crippen molar-refractivity contribution in [2.24, 2.45) is 0 Å². The molecule has 1 heterocycles. The maximum atomic E-state index is 12.1. The monoisotopic (exact) mass is 311 g/mol. The highest BCUT2D eigenvalue weighted by molar-refractivity contribution is 6.30. The second-order valence-electron chi connectivity index (χ2n) is 4.91. The molecular formula is C17H14ClN3O. The Balaban J connectivity index is 1.83. The van der Waals surface area contributed by atoms with Gasteiger partial charge in [0.15, 0.2) is 0 Å². The standard InChI is InChI=1S/C17H14ClN3O/c1-11-10-16(14-4-2-3-5-15(14)19-11)21-17(22)20-13-8-6-12(18)7-9-13/h2-10H,1H3,(H2,19,20,21,22). The fourth-order valence-electron chi connectivity index (χ4n) is 2.23. The van der Waals surface area contributed by atoms with Gasteiger partial charge >= 0.3 is 6.03 Å². The van der Waals surface area contributed by atoms with Crippen LogP contribution in [0.5, 0.6) is 0 Å². The highest BCUT2D eigenvalue weighted by Gasteiger charge is 2.07. The van der Waals surface area contributed by atoms with E-state index in [-0.39, 0.29) is 6.03 Å². The normalized spacial score (nSPS) is 10.5. The molecule has 0 saturated carbocycles. The number of halogens is 1. The summed E-state index contributed by atoms with van der Waals surface area (Å²) in [5, 5.41) is 7.17. The number of para-hydroxylation sites is 1. The van der Waals surface area contributed by atoms with E-state index in [2.05, 4.69) is 15.6 Å². The number of benzene rings is 2. The van der Waals surface area contributed by atoms with Gasteiger partial charge in [-0.25, -0.2) is 4.79 Å². The van der Waals surface area contributed by atoms with E-state index in [9.17, 15) is 4.79 Å². The molecule has 110 valence electrons. The lowest BCUT2D eigenvalue weighted by Gasteiger charge is -2.11. The van der Waals surface area contributed by atoms with Crippen LogP contribution in [0.1, 0.15) is 5.69 Å². The average molecular weight is 312 g/mol. The molecule has 1 aromatic heterocycles. The first-order chi connectivity index (χ1) is 10.6. The van der Waals surface area contributed by atoms with Crippen LogP contribution in [0.15, 0.2) is 54.6 Å². The van der Waals surface area contributed by atoms with Crippen LogP contribution in [0.4, 0.5) is 16.2 Å². The third kappa shape index (κ3) is 3.18. The zero-order valence-electron chi connectivity index (χ0n) is 11.9. The summed E-state index contributed by atoms with van der Waals surface area (Å²) in [5.74, 6) is 0. The summed E-state index contributed by atoms with van der Waals surface area (Å²) >= 11 is 5.83. The molecule has 0 aliphatic carbocycles. The van der Waals surface area contributed by atoms with Crippen LogP contribution < -0.4 is 10.6 Å². The first-order valence-electron chi connectivity index (χ1n) is 6.82. The molecule has 0 fully saturated rings. The van der Waals surface area contributed by atoms with E-state index < -0.39 is 0 Å². The molecule has 0 aliphatic heterocycles. The van der Waals surface area contributed by atoms with Gasteiger partial charge in [0.25, 0.3) is 0 Å². The number of fused-ring (bicyclic) bond motifs is 1. The number of aryl methyl sites for hydroxylation is 1. The fraction of sp³-hybridized carbons (Fsp3) is 0.0588. The Morgan fingerprint density at radius 3 is 2.55 bits per heavy atom. The Kier molecular flexibility index (Phi) is 3.94. The average Bonchev–Trinajstić information content (AvgIpc) is 2.49. The maximum absolute atomic E-state index is 12.1. The third-order valence-electron chi connectivity index (χ3n) is 3.19. The van der Waals surface area contributed by atoms with Gasteiger partial charge in [-0.2, -0.15) is 0 Å². The molecule has 3 aromatic rings. The predicted octanol–water partition coefficient (Wildman–Crippen LogP) is 4.84. The van der Waals surface area contributed by atoms with Crippen LogP contribution in [0.2, 0.25) is 5.02 Å². The molecule has 0 unspecified atom stereocenters. The number of aromatic nitrogens is 1. The minimum Gasteiger partial charge on any atom is -0.308 e. The van der Waals surface area contributed by atoms with Crippen molar-refractivity contribution in [3.8, 4) is 0 Å². The summed E-state index contributed by atoms with van der Waals surface area (Å²) in [4.78, 5) is 16.6. The molecule has 3 rings (SSSR count). The van der Waals surface area contributed by atoms with E-state index in [0.717, 1.165) is 22.3 Å². The van der Waals surface area contributed by atoms with Gasteiger partial charge in [-0.3, -0.25) is 4.98 Å². The lowest BCUT2D eigenvalue weighted by atomic mass is 10.1. The zero-order chi connectivity index (χ0) is 15.5. The van der Waals surface area contributed by atoms with E-state index in [1.54, 1.807) is 24.3 Å². The molecule has 2 N–H and O–H groups in total. The second kappa shape index (κ2) is 6.03. The number of nitrogens with zero attached hydrogens (tertiary/aromatic N) is 1. The highest BCUT2D eigenvalue weighted by atomic mass is 35.5. The smallest absolute Gasteiger partial charge is 0.308 e. The SMILES string of the molecule is Cc1cc(NC(=O)Nc2ccc(Cl)cc2)c2ccccc2n1. The van der Waals surface area contributed by atoms with Crippen LogP contribution in [-0.2, 0) is 0 Å². The predicted molar refractivity (Wildman–Crippen MR) is 90.6 cm³/mol. The second-order valence-corrected chi connectivity index (χ2v) is 5.35. The largest absolute Gasteiger partial charge is 0.323 e. The van der Waals surface area contributed by atoms with Gasteiger partial charge in [-0.1, -0.05) is 29.8 Å². The zero-order valence-corrected chi connectivity index (χ0v) is 12.7. The van der Waals surface area contributed by atoms with Gasteiger partial charge in [0.1, 0.15) is 0 Å². The molecule has 22 heavy (non-hydrogen) atoms. The molecule has 0 aliphatic rings. The van der Waals surface area contributed by atoms with E-state index >= 15 is 0 Å². The van der Waals surface area contributed by atoms with E-state index in [1.165, 1.54) is 0 Å². The number of pyridine rings is 1. The van der Waals surface area contributed by atoms with Crippen LogP contribution in [0.3, 0.4) is 0 Å². The van der Waals surface area contributed by atoms with Gasteiger partial charge in [0, 0.05) is 21.8 Å². The number of amides is 2. The quantitative estimate of drug-likeness (QED) is 0.711. The number of carbonyl (C=O) groups excluding carboxylic acids is 1. The van der Waals surface area contributed by atoms with Crippen LogP contribution in [0.25, 0.3) is 10.9 Å². The lowest BCUT2D eigenvalue weighted by Crippen LogP contribution is -2.19. The van der Waals surface area contributed by atoms with Crippen molar-refractivity contribution >= 4 is 39.9 Å². The number of anilines is 2. The summed E-state index contributed by atoms with van der Waals surface area (Å²) in [7, 11) is 0. The van der Waals surface area contributed by atoms with Crippen LogP contribution >= 0.6 is 11.6 Å². The molecule has 4 nitrogen and oxygen atoms in total. The number of hydrogen-bond donors (Lipinski definition) is 2. The van der Waals surface area contributed by atoms with Gasteiger partial charge in [-0.15, -0.1) is 0 Å². The van der Waals surface area contributed by atoms with Crippen molar-refractivity contribution in [2.75, 3.05) is 10.6 Å². The summed E-state index contributed by atoms with van der Waals surface area (Å²) in [5.41, 5.74) is 3.11. The van der Waals surface area contributed by atoms with Gasteiger partial charge < -0.3 is 10.6 Å².